The van der Waals surface area contributed by atoms with Crippen molar-refractivity contribution < 1.29 is 4.39 Å². The van der Waals surface area contributed by atoms with Gasteiger partial charge < -0.3 is 5.73 Å². The molecule has 0 saturated carbocycles. The highest BCUT2D eigenvalue weighted by molar-refractivity contribution is 6.31. The first-order valence-corrected chi connectivity index (χ1v) is 4.61. The fraction of sp³-hybridized carbons (Fsp3) is 0.400. The second-order valence-electron chi connectivity index (χ2n) is 3.41. The zero-order valence-electron chi connectivity index (χ0n) is 7.72. The topological polar surface area (TPSA) is 26.0 Å². The minimum absolute atomic E-state index is 0.142. The summed E-state index contributed by atoms with van der Waals surface area (Å²) >= 11 is 5.78. The van der Waals surface area contributed by atoms with Crippen LogP contribution in [-0.2, 0) is 0 Å². The average molecular weight is 202 g/mol. The van der Waals surface area contributed by atoms with E-state index in [0.29, 0.717) is 5.56 Å². The predicted molar refractivity (Wildman–Crippen MR) is 53.2 cm³/mol. The Labute approximate surface area is 82.7 Å². The molecule has 0 heterocycles. The molecule has 0 aliphatic rings. The van der Waals surface area contributed by atoms with Gasteiger partial charge in [0.25, 0.3) is 0 Å². The van der Waals surface area contributed by atoms with E-state index in [4.69, 9.17) is 17.3 Å². The maximum atomic E-state index is 13.0. The van der Waals surface area contributed by atoms with Gasteiger partial charge in [0.05, 0.1) is 5.02 Å². The van der Waals surface area contributed by atoms with Crippen LogP contribution in [0.2, 0.25) is 5.02 Å². The molecule has 0 spiro atoms. The van der Waals surface area contributed by atoms with E-state index in [1.807, 2.05) is 13.8 Å². The lowest BCUT2D eigenvalue weighted by Crippen LogP contribution is -2.17. The second kappa shape index (κ2) is 4.07. The fourth-order valence-electron chi connectivity index (χ4n) is 1.14. The number of halogens is 2. The van der Waals surface area contributed by atoms with Crippen LogP contribution in [0.4, 0.5) is 4.39 Å². The molecule has 0 aliphatic carbocycles. The molecule has 1 atom stereocenters. The summed E-state index contributed by atoms with van der Waals surface area (Å²) in [6.07, 6.45) is 0. The molecular formula is C10H13ClFN. The number of nitrogens with two attached hydrogens (primary N) is 1. The van der Waals surface area contributed by atoms with Gasteiger partial charge in [-0.3, -0.25) is 0 Å². The highest BCUT2D eigenvalue weighted by Gasteiger charge is 2.15. The quantitative estimate of drug-likeness (QED) is 0.782. The molecule has 0 amide bonds. The lowest BCUT2D eigenvalue weighted by atomic mass is 9.97. The van der Waals surface area contributed by atoms with E-state index in [2.05, 4.69) is 0 Å². The van der Waals surface area contributed by atoms with Crippen LogP contribution in [0.25, 0.3) is 0 Å². The summed E-state index contributed by atoms with van der Waals surface area (Å²) in [4.78, 5) is 0. The molecule has 1 aromatic carbocycles. The van der Waals surface area contributed by atoms with Gasteiger partial charge >= 0.3 is 0 Å². The molecule has 13 heavy (non-hydrogen) atoms. The van der Waals surface area contributed by atoms with E-state index in [-0.39, 0.29) is 17.0 Å². The predicted octanol–water partition coefficient (Wildman–Crippen LogP) is 3.13. The maximum absolute atomic E-state index is 13.0. The summed E-state index contributed by atoms with van der Waals surface area (Å²) in [5.41, 5.74) is 6.53. The molecule has 72 valence electrons. The molecular weight excluding hydrogens is 189 g/mol. The third kappa shape index (κ3) is 2.20. The molecule has 1 aromatic rings. The second-order valence-corrected chi connectivity index (χ2v) is 3.79. The van der Waals surface area contributed by atoms with Crippen LogP contribution >= 0.6 is 11.6 Å². The largest absolute Gasteiger partial charge is 0.324 e. The molecule has 0 aromatic heterocycles. The molecule has 0 aliphatic heterocycles. The molecule has 1 rings (SSSR count). The number of benzene rings is 1. The van der Waals surface area contributed by atoms with Crippen LogP contribution in [0.5, 0.6) is 0 Å². The molecule has 0 saturated heterocycles. The molecule has 1 nitrogen and oxygen atoms in total. The highest BCUT2D eigenvalue weighted by Crippen LogP contribution is 2.27. The highest BCUT2D eigenvalue weighted by atomic mass is 35.5. The van der Waals surface area contributed by atoms with Crippen molar-refractivity contribution in [1.29, 1.82) is 0 Å². The van der Waals surface area contributed by atoms with Gasteiger partial charge in [0, 0.05) is 6.04 Å². The molecule has 1 unspecified atom stereocenters. The van der Waals surface area contributed by atoms with Crippen LogP contribution in [0, 0.1) is 11.7 Å². The van der Waals surface area contributed by atoms with Crippen molar-refractivity contribution in [3.05, 3.63) is 34.6 Å². The van der Waals surface area contributed by atoms with E-state index in [9.17, 15) is 4.39 Å². The number of hydrogen-bond acceptors (Lipinski definition) is 1. The summed E-state index contributed by atoms with van der Waals surface area (Å²) in [5.74, 6) is -0.158. The smallest absolute Gasteiger partial charge is 0.142 e. The van der Waals surface area contributed by atoms with Gasteiger partial charge in [-0.15, -0.1) is 0 Å². The molecule has 0 bridgehead atoms. The minimum Gasteiger partial charge on any atom is -0.324 e. The first-order valence-electron chi connectivity index (χ1n) is 4.23. The molecule has 0 radical (unpaired) electrons. The van der Waals surface area contributed by atoms with E-state index >= 15 is 0 Å². The van der Waals surface area contributed by atoms with Gasteiger partial charge in [-0.2, -0.15) is 0 Å². The summed E-state index contributed by atoms with van der Waals surface area (Å²) in [6.45, 7) is 3.96. The Balaban J connectivity index is 3.07. The van der Waals surface area contributed by atoms with Crippen LogP contribution in [0.15, 0.2) is 18.2 Å². The average Bonchev–Trinajstić information content (AvgIpc) is 2.08. The van der Waals surface area contributed by atoms with Crippen molar-refractivity contribution >= 4 is 11.6 Å². The third-order valence-corrected chi connectivity index (χ3v) is 2.46. The fourth-order valence-corrected chi connectivity index (χ4v) is 1.39. The lowest BCUT2D eigenvalue weighted by molar-refractivity contribution is 0.510. The zero-order valence-corrected chi connectivity index (χ0v) is 8.48. The van der Waals surface area contributed by atoms with Gasteiger partial charge in [-0.25, -0.2) is 4.39 Å². The molecule has 2 N–H and O–H groups in total. The standard InChI is InChI=1S/C10H13ClFN/c1-6(2)10(13)7-4-3-5-8(12)9(7)11/h3-6,10H,13H2,1-2H3. The van der Waals surface area contributed by atoms with Gasteiger partial charge in [0.2, 0.25) is 0 Å². The van der Waals surface area contributed by atoms with Crippen molar-refractivity contribution in [3.8, 4) is 0 Å². The van der Waals surface area contributed by atoms with E-state index < -0.39 is 5.82 Å². The molecule has 3 heteroatoms. The van der Waals surface area contributed by atoms with Crippen molar-refractivity contribution in [2.45, 2.75) is 19.9 Å². The third-order valence-electron chi connectivity index (χ3n) is 2.06. The first kappa shape index (κ1) is 10.5. The Bertz CT molecular complexity index is 299. The number of hydrogen-bond donors (Lipinski definition) is 1. The van der Waals surface area contributed by atoms with E-state index in [0.717, 1.165) is 0 Å². The minimum atomic E-state index is -0.407. The monoisotopic (exact) mass is 201 g/mol. The zero-order chi connectivity index (χ0) is 10.0. The molecule has 0 fully saturated rings. The van der Waals surface area contributed by atoms with E-state index in [1.54, 1.807) is 12.1 Å². The Hall–Kier alpha value is -0.600. The van der Waals surface area contributed by atoms with Gasteiger partial charge in [-0.05, 0) is 17.5 Å². The van der Waals surface area contributed by atoms with Crippen LogP contribution in [0.1, 0.15) is 25.5 Å². The van der Waals surface area contributed by atoms with Crippen LogP contribution in [0.3, 0.4) is 0 Å². The summed E-state index contributed by atoms with van der Waals surface area (Å²) in [5, 5.41) is 0.142. The van der Waals surface area contributed by atoms with Crippen molar-refractivity contribution in [2.75, 3.05) is 0 Å². The SMILES string of the molecule is CC(C)C(N)c1cccc(F)c1Cl. The summed E-state index contributed by atoms with van der Waals surface area (Å²) < 4.78 is 13.0. The Kier molecular flexibility index (Phi) is 3.28. The van der Waals surface area contributed by atoms with Gasteiger partial charge in [-0.1, -0.05) is 37.6 Å². The van der Waals surface area contributed by atoms with Crippen molar-refractivity contribution in [1.82, 2.24) is 0 Å². The maximum Gasteiger partial charge on any atom is 0.142 e. The Morgan fingerprint density at radius 1 is 1.38 bits per heavy atom. The van der Waals surface area contributed by atoms with Crippen molar-refractivity contribution in [2.24, 2.45) is 11.7 Å². The van der Waals surface area contributed by atoms with E-state index in [1.165, 1.54) is 6.07 Å². The normalized spacial score (nSPS) is 13.4. The summed E-state index contributed by atoms with van der Waals surface area (Å²) in [7, 11) is 0. The summed E-state index contributed by atoms with van der Waals surface area (Å²) in [6, 6.07) is 4.51. The van der Waals surface area contributed by atoms with Gasteiger partial charge in [0.15, 0.2) is 0 Å². The van der Waals surface area contributed by atoms with Gasteiger partial charge in [0.1, 0.15) is 5.82 Å². The van der Waals surface area contributed by atoms with Crippen molar-refractivity contribution in [3.63, 3.8) is 0 Å². The van der Waals surface area contributed by atoms with Crippen LogP contribution in [-0.4, -0.2) is 0 Å². The Morgan fingerprint density at radius 3 is 2.54 bits per heavy atom. The lowest BCUT2D eigenvalue weighted by Gasteiger charge is -2.17. The Morgan fingerprint density at radius 2 is 2.00 bits per heavy atom. The number of rotatable bonds is 2. The first-order chi connectivity index (χ1) is 6.04. The van der Waals surface area contributed by atoms with Crippen LogP contribution < -0.4 is 5.73 Å².